The van der Waals surface area contributed by atoms with E-state index >= 15 is 0 Å². The molecular weight excluding hydrogens is 268 g/mol. The summed E-state index contributed by atoms with van der Waals surface area (Å²) in [6, 6.07) is 5.56. The average molecular weight is 292 g/mol. The standard InChI is InChI=1S/C16H24N2O3/c1-11-9-13(18-16(19)10-12(2)17)3-4-15(11)21-14-5-7-20-8-6-14/h3-4,9,12,14H,5-8,10,17H2,1-2H3,(H,18,19). The molecular formula is C16H24N2O3. The van der Waals surface area contributed by atoms with E-state index < -0.39 is 0 Å². The molecule has 1 fully saturated rings. The van der Waals surface area contributed by atoms with Crippen molar-refractivity contribution in [3.8, 4) is 5.75 Å². The summed E-state index contributed by atoms with van der Waals surface area (Å²) >= 11 is 0. The summed E-state index contributed by atoms with van der Waals surface area (Å²) in [5.41, 5.74) is 7.40. The van der Waals surface area contributed by atoms with Crippen molar-refractivity contribution in [3.63, 3.8) is 0 Å². The van der Waals surface area contributed by atoms with Gasteiger partial charge in [-0.3, -0.25) is 4.79 Å². The third-order valence-corrected chi connectivity index (χ3v) is 3.43. The zero-order chi connectivity index (χ0) is 15.2. The van der Waals surface area contributed by atoms with Crippen molar-refractivity contribution < 1.29 is 14.3 Å². The van der Waals surface area contributed by atoms with Crippen LogP contribution in [0, 0.1) is 6.92 Å². The van der Waals surface area contributed by atoms with E-state index in [0.717, 1.165) is 43.1 Å². The number of amides is 1. The molecule has 0 spiro atoms. The summed E-state index contributed by atoms with van der Waals surface area (Å²) in [5, 5.41) is 2.85. The summed E-state index contributed by atoms with van der Waals surface area (Å²) in [7, 11) is 0. The van der Waals surface area contributed by atoms with E-state index in [-0.39, 0.29) is 18.1 Å². The van der Waals surface area contributed by atoms with E-state index in [1.165, 1.54) is 0 Å². The lowest BCUT2D eigenvalue weighted by atomic mass is 10.1. The van der Waals surface area contributed by atoms with E-state index in [1.807, 2.05) is 32.0 Å². The topological polar surface area (TPSA) is 73.6 Å². The van der Waals surface area contributed by atoms with Gasteiger partial charge in [0, 0.05) is 31.0 Å². The molecule has 1 saturated heterocycles. The lowest BCUT2D eigenvalue weighted by molar-refractivity contribution is -0.116. The van der Waals surface area contributed by atoms with E-state index in [4.69, 9.17) is 15.2 Å². The first kappa shape index (κ1) is 15.8. The Morgan fingerprint density at radius 1 is 1.48 bits per heavy atom. The van der Waals surface area contributed by atoms with Gasteiger partial charge in [0.05, 0.1) is 13.2 Å². The number of benzene rings is 1. The van der Waals surface area contributed by atoms with Crippen LogP contribution in [-0.2, 0) is 9.53 Å². The second-order valence-electron chi connectivity index (χ2n) is 5.64. The SMILES string of the molecule is Cc1cc(NC(=O)CC(C)N)ccc1OC1CCOCC1. The van der Waals surface area contributed by atoms with Gasteiger partial charge in [0.25, 0.3) is 0 Å². The third kappa shape index (κ3) is 5.02. The molecule has 1 heterocycles. The minimum Gasteiger partial charge on any atom is -0.490 e. The number of hydrogen-bond donors (Lipinski definition) is 2. The number of ether oxygens (including phenoxy) is 2. The molecule has 1 aromatic carbocycles. The summed E-state index contributed by atoms with van der Waals surface area (Å²) < 4.78 is 11.3. The molecule has 116 valence electrons. The van der Waals surface area contributed by atoms with Gasteiger partial charge in [-0.25, -0.2) is 0 Å². The summed E-state index contributed by atoms with van der Waals surface area (Å²) in [4.78, 5) is 11.7. The maximum Gasteiger partial charge on any atom is 0.225 e. The Hall–Kier alpha value is -1.59. The average Bonchev–Trinajstić information content (AvgIpc) is 2.42. The number of hydrogen-bond acceptors (Lipinski definition) is 4. The highest BCUT2D eigenvalue weighted by atomic mass is 16.5. The lowest BCUT2D eigenvalue weighted by Crippen LogP contribution is -2.26. The molecule has 1 amide bonds. The molecule has 1 unspecified atom stereocenters. The van der Waals surface area contributed by atoms with Crippen molar-refractivity contribution >= 4 is 11.6 Å². The second-order valence-corrected chi connectivity index (χ2v) is 5.64. The van der Waals surface area contributed by atoms with Crippen LogP contribution in [0.5, 0.6) is 5.75 Å². The molecule has 0 aromatic heterocycles. The first-order chi connectivity index (χ1) is 10.0. The predicted molar refractivity (Wildman–Crippen MR) is 82.5 cm³/mol. The number of carbonyl (C=O) groups is 1. The fraction of sp³-hybridized carbons (Fsp3) is 0.562. The van der Waals surface area contributed by atoms with Gasteiger partial charge in [0.2, 0.25) is 5.91 Å². The van der Waals surface area contributed by atoms with Crippen LogP contribution in [0.15, 0.2) is 18.2 Å². The number of nitrogens with one attached hydrogen (secondary N) is 1. The van der Waals surface area contributed by atoms with Gasteiger partial charge in [0.15, 0.2) is 0 Å². The fourth-order valence-corrected chi connectivity index (χ4v) is 2.34. The monoisotopic (exact) mass is 292 g/mol. The zero-order valence-corrected chi connectivity index (χ0v) is 12.7. The predicted octanol–water partition coefficient (Wildman–Crippen LogP) is 2.23. The maximum atomic E-state index is 11.7. The molecule has 0 aliphatic carbocycles. The molecule has 21 heavy (non-hydrogen) atoms. The van der Waals surface area contributed by atoms with Gasteiger partial charge < -0.3 is 20.5 Å². The molecule has 1 aliphatic heterocycles. The Labute approximate surface area is 125 Å². The Morgan fingerprint density at radius 2 is 2.19 bits per heavy atom. The largest absolute Gasteiger partial charge is 0.490 e. The Balaban J connectivity index is 1.95. The van der Waals surface area contributed by atoms with Crippen molar-refractivity contribution in [3.05, 3.63) is 23.8 Å². The smallest absolute Gasteiger partial charge is 0.225 e. The molecule has 1 aliphatic rings. The van der Waals surface area contributed by atoms with Gasteiger partial charge in [0.1, 0.15) is 11.9 Å². The van der Waals surface area contributed by atoms with Crippen molar-refractivity contribution in [1.29, 1.82) is 0 Å². The first-order valence-corrected chi connectivity index (χ1v) is 7.45. The first-order valence-electron chi connectivity index (χ1n) is 7.45. The van der Waals surface area contributed by atoms with Crippen molar-refractivity contribution in [2.24, 2.45) is 5.73 Å². The number of carbonyl (C=O) groups excluding carboxylic acids is 1. The van der Waals surface area contributed by atoms with Gasteiger partial charge in [-0.2, -0.15) is 0 Å². The Morgan fingerprint density at radius 3 is 2.81 bits per heavy atom. The van der Waals surface area contributed by atoms with Crippen LogP contribution >= 0.6 is 0 Å². The second kappa shape index (κ2) is 7.43. The van der Waals surface area contributed by atoms with E-state index in [2.05, 4.69) is 5.32 Å². The van der Waals surface area contributed by atoms with Crippen LogP contribution in [-0.4, -0.2) is 31.3 Å². The highest BCUT2D eigenvalue weighted by Gasteiger charge is 2.16. The molecule has 0 bridgehead atoms. The molecule has 5 nitrogen and oxygen atoms in total. The van der Waals surface area contributed by atoms with Gasteiger partial charge in [-0.05, 0) is 37.6 Å². The highest BCUT2D eigenvalue weighted by Crippen LogP contribution is 2.25. The van der Waals surface area contributed by atoms with E-state index in [1.54, 1.807) is 0 Å². The number of aryl methyl sites for hydroxylation is 1. The lowest BCUT2D eigenvalue weighted by Gasteiger charge is -2.24. The summed E-state index contributed by atoms with van der Waals surface area (Å²) in [6.45, 7) is 5.32. The Kier molecular flexibility index (Phi) is 5.59. The fourth-order valence-electron chi connectivity index (χ4n) is 2.34. The number of rotatable bonds is 5. The molecule has 1 aromatic rings. The molecule has 5 heteroatoms. The Bertz CT molecular complexity index is 482. The molecule has 2 rings (SSSR count). The molecule has 3 N–H and O–H groups in total. The molecule has 0 radical (unpaired) electrons. The molecule has 1 atom stereocenters. The van der Waals surface area contributed by atoms with E-state index in [0.29, 0.717) is 6.42 Å². The van der Waals surface area contributed by atoms with Gasteiger partial charge in [-0.15, -0.1) is 0 Å². The van der Waals surface area contributed by atoms with Gasteiger partial charge in [-0.1, -0.05) is 0 Å². The maximum absolute atomic E-state index is 11.7. The van der Waals surface area contributed by atoms with E-state index in [9.17, 15) is 4.79 Å². The zero-order valence-electron chi connectivity index (χ0n) is 12.7. The van der Waals surface area contributed by atoms with Crippen molar-refractivity contribution in [2.45, 2.75) is 45.3 Å². The van der Waals surface area contributed by atoms with Crippen LogP contribution in [0.1, 0.15) is 31.7 Å². The van der Waals surface area contributed by atoms with Crippen LogP contribution in [0.2, 0.25) is 0 Å². The number of nitrogens with two attached hydrogens (primary N) is 1. The molecule has 0 saturated carbocycles. The summed E-state index contributed by atoms with van der Waals surface area (Å²) in [5.74, 6) is 0.801. The highest BCUT2D eigenvalue weighted by molar-refractivity contribution is 5.91. The van der Waals surface area contributed by atoms with Gasteiger partial charge >= 0.3 is 0 Å². The normalized spacial score (nSPS) is 17.3. The van der Waals surface area contributed by atoms with Crippen molar-refractivity contribution in [1.82, 2.24) is 0 Å². The van der Waals surface area contributed by atoms with Crippen molar-refractivity contribution in [2.75, 3.05) is 18.5 Å². The van der Waals surface area contributed by atoms with Crippen LogP contribution in [0.4, 0.5) is 5.69 Å². The number of anilines is 1. The third-order valence-electron chi connectivity index (χ3n) is 3.43. The van der Waals surface area contributed by atoms with Crippen LogP contribution < -0.4 is 15.8 Å². The quantitative estimate of drug-likeness (QED) is 0.873. The minimum atomic E-state index is -0.137. The summed E-state index contributed by atoms with van der Waals surface area (Å²) in [6.07, 6.45) is 2.38. The minimum absolute atomic E-state index is 0.0671. The van der Waals surface area contributed by atoms with Crippen LogP contribution in [0.3, 0.4) is 0 Å². The van der Waals surface area contributed by atoms with Crippen LogP contribution in [0.25, 0.3) is 0 Å².